The minimum Gasteiger partial charge on any atom is -0.495 e. The van der Waals surface area contributed by atoms with Gasteiger partial charge in [-0.3, -0.25) is 29.4 Å². The monoisotopic (exact) mass is 935 g/mol. The van der Waals surface area contributed by atoms with Gasteiger partial charge in [0.1, 0.15) is 23.2 Å². The van der Waals surface area contributed by atoms with Crippen molar-refractivity contribution in [1.29, 1.82) is 0 Å². The number of nitrogens with zero attached hydrogens (tertiary/aromatic N) is 7. The molecule has 9 rings (SSSR count). The van der Waals surface area contributed by atoms with Crippen molar-refractivity contribution in [1.82, 2.24) is 30.4 Å². The molecule has 1 aromatic heterocycles. The highest BCUT2D eigenvalue weighted by atomic mass is 16.5. The van der Waals surface area contributed by atoms with E-state index in [0.717, 1.165) is 89.7 Å². The van der Waals surface area contributed by atoms with E-state index in [1.54, 1.807) is 61.7 Å². The zero-order valence-electron chi connectivity index (χ0n) is 39.9. The average Bonchev–Trinajstić information content (AvgIpc) is 3.87. The molecule has 18 heteroatoms. The Hall–Kier alpha value is -6.01. The highest BCUT2D eigenvalue weighted by Gasteiger charge is 2.55. The first-order valence-electron chi connectivity index (χ1n) is 24.5. The van der Waals surface area contributed by atoms with Crippen molar-refractivity contribution in [3.8, 4) is 11.5 Å². The molecule has 364 valence electrons. The first kappa shape index (κ1) is 47.1. The lowest BCUT2D eigenvalue weighted by Gasteiger charge is -2.59. The summed E-state index contributed by atoms with van der Waals surface area (Å²) in [5.74, 6) is 1.96. The van der Waals surface area contributed by atoms with Crippen LogP contribution in [0, 0.1) is 11.3 Å². The van der Waals surface area contributed by atoms with E-state index in [4.69, 9.17) is 14.5 Å². The summed E-state index contributed by atoms with van der Waals surface area (Å²) in [7, 11) is 4.86. The van der Waals surface area contributed by atoms with Crippen LogP contribution >= 0.6 is 0 Å². The molecule has 0 radical (unpaired) electrons. The molecule has 4 aliphatic heterocycles. The largest absolute Gasteiger partial charge is 0.495 e. The zero-order chi connectivity index (χ0) is 47.7. The Balaban J connectivity index is 0.770. The highest BCUT2D eigenvalue weighted by molar-refractivity contribution is 6.07. The maximum Gasteiger partial charge on any atom is 0.328 e. The molecule has 0 unspecified atom stereocenters. The second kappa shape index (κ2) is 19.5. The van der Waals surface area contributed by atoms with Crippen LogP contribution < -0.4 is 40.1 Å². The number of hydrogen-bond donors (Lipinski definition) is 4. The van der Waals surface area contributed by atoms with E-state index < -0.39 is 11.6 Å². The lowest BCUT2D eigenvalue weighted by Crippen LogP contribution is -2.64. The number of imide groups is 1. The second-order valence-electron chi connectivity index (χ2n) is 19.8. The number of anilines is 5. The molecule has 18 nitrogen and oxygen atoms in total. The van der Waals surface area contributed by atoms with Crippen LogP contribution in [-0.2, 0) is 9.59 Å². The van der Waals surface area contributed by atoms with Gasteiger partial charge in [-0.1, -0.05) is 19.8 Å². The van der Waals surface area contributed by atoms with Crippen molar-refractivity contribution in [2.24, 2.45) is 11.3 Å². The van der Waals surface area contributed by atoms with Gasteiger partial charge in [0, 0.05) is 69.0 Å². The van der Waals surface area contributed by atoms with Crippen molar-refractivity contribution < 1.29 is 38.6 Å². The van der Waals surface area contributed by atoms with E-state index in [1.165, 1.54) is 12.0 Å². The molecule has 2 aliphatic carbocycles. The SMILES string of the molecule is CC[C@@H]1C(=O)N(C)c2cnc(Nc3ccc(C(=O)NC4(CCO)CC5(CCN(CC6CCN(C(=O)c7ccc(OC)c(N8CCC(=O)NC8=O)c7)CC6)CC5)C4)cc3OC)nc2N1C1CCCC1. The number of urea groups is 1. The minimum atomic E-state index is -0.528. The van der Waals surface area contributed by atoms with Gasteiger partial charge in [-0.25, -0.2) is 9.78 Å². The summed E-state index contributed by atoms with van der Waals surface area (Å²) < 4.78 is 11.3. The number of hydrogen-bond acceptors (Lipinski definition) is 13. The molecule has 68 heavy (non-hydrogen) atoms. The third-order valence-corrected chi connectivity index (χ3v) is 15.6. The van der Waals surface area contributed by atoms with Crippen LogP contribution in [0.3, 0.4) is 0 Å². The van der Waals surface area contributed by atoms with Crippen LogP contribution in [0.25, 0.3) is 0 Å². The van der Waals surface area contributed by atoms with Gasteiger partial charge in [-0.15, -0.1) is 0 Å². The van der Waals surface area contributed by atoms with Crippen LogP contribution in [0.1, 0.15) is 111 Å². The number of aromatic nitrogens is 2. The number of methoxy groups -OCH3 is 2. The smallest absolute Gasteiger partial charge is 0.328 e. The predicted octanol–water partition coefficient (Wildman–Crippen LogP) is 5.47. The number of nitrogens with one attached hydrogen (secondary N) is 3. The van der Waals surface area contributed by atoms with Gasteiger partial charge in [0.05, 0.1) is 31.8 Å². The number of likely N-dealkylation sites (tertiary alicyclic amines) is 2. The van der Waals surface area contributed by atoms with Crippen molar-refractivity contribution in [2.45, 2.75) is 108 Å². The van der Waals surface area contributed by atoms with Crippen LogP contribution in [-0.4, -0.2) is 139 Å². The summed E-state index contributed by atoms with van der Waals surface area (Å²) in [6.45, 7) is 6.46. The molecule has 3 aromatic rings. The van der Waals surface area contributed by atoms with Crippen molar-refractivity contribution >= 4 is 58.5 Å². The van der Waals surface area contributed by atoms with Gasteiger partial charge in [0.2, 0.25) is 17.8 Å². The summed E-state index contributed by atoms with van der Waals surface area (Å²) in [6, 6.07) is 9.84. The Labute approximate surface area is 398 Å². The number of amides is 6. The minimum absolute atomic E-state index is 0.0187. The third kappa shape index (κ3) is 9.28. The quantitative estimate of drug-likeness (QED) is 0.159. The third-order valence-electron chi connectivity index (χ3n) is 15.6. The van der Waals surface area contributed by atoms with E-state index in [1.807, 2.05) is 11.8 Å². The van der Waals surface area contributed by atoms with Crippen LogP contribution in [0.5, 0.6) is 11.5 Å². The van der Waals surface area contributed by atoms with Crippen molar-refractivity contribution in [3.63, 3.8) is 0 Å². The lowest BCUT2D eigenvalue weighted by molar-refractivity contribution is -0.121. The van der Waals surface area contributed by atoms with Crippen molar-refractivity contribution in [3.05, 3.63) is 53.7 Å². The van der Waals surface area contributed by atoms with Gasteiger partial charge >= 0.3 is 6.03 Å². The Kier molecular flexibility index (Phi) is 13.5. The molecule has 3 saturated heterocycles. The molecule has 1 spiro atoms. The number of aliphatic hydroxyl groups is 1. The zero-order valence-corrected chi connectivity index (χ0v) is 39.9. The lowest BCUT2D eigenvalue weighted by atomic mass is 9.52. The van der Waals surface area contributed by atoms with Gasteiger partial charge < -0.3 is 44.8 Å². The summed E-state index contributed by atoms with van der Waals surface area (Å²) in [6.07, 6.45) is 12.9. The van der Waals surface area contributed by atoms with E-state index in [0.29, 0.717) is 77.5 Å². The topological polar surface area (TPSA) is 202 Å². The number of carbonyl (C=O) groups excluding carboxylic acids is 5. The Morgan fingerprint density at radius 1 is 0.897 bits per heavy atom. The van der Waals surface area contributed by atoms with Gasteiger partial charge in [-0.05, 0) is 125 Å². The Bertz CT molecular complexity index is 2400. The standard InChI is InChI=1S/C50H66N10O8/c1-5-37-46(65)56(2)39-28-51-47(54-43(39)60(37)35-8-6-7-9-35)52-36-12-10-33(27-41(36)68-4)44(63)55-50(19-25-61)30-49(31-50)17-23-57(24-18-49)29-32-14-20-58(21-15-32)45(64)34-11-13-40(67-3)38(26-34)59-22-16-42(62)53-48(59)66/h10-13,26-28,32,35,37,61H,5-9,14-25,29-31H2,1-4H3,(H,55,63)(H,51,52,54)(H,53,62,66)/t37-/m1/s1. The van der Waals surface area contributed by atoms with Crippen LogP contribution in [0.2, 0.25) is 0 Å². The average molecular weight is 935 g/mol. The molecule has 5 heterocycles. The molecule has 4 N–H and O–H groups in total. The van der Waals surface area contributed by atoms with E-state index in [-0.39, 0.29) is 60.7 Å². The molecule has 2 saturated carbocycles. The number of carbonyl (C=O) groups is 5. The number of benzene rings is 2. The number of likely N-dealkylation sites (N-methyl/N-ethyl adjacent to an activating group) is 1. The van der Waals surface area contributed by atoms with E-state index in [9.17, 15) is 29.1 Å². The summed E-state index contributed by atoms with van der Waals surface area (Å²) in [5, 5.41) is 19.2. The van der Waals surface area contributed by atoms with Crippen LogP contribution in [0.4, 0.5) is 33.6 Å². The normalized spacial score (nSPS) is 21.9. The predicted molar refractivity (Wildman–Crippen MR) is 257 cm³/mol. The maximum atomic E-state index is 13.9. The number of fused-ring (bicyclic) bond motifs is 1. The molecular weight excluding hydrogens is 869 g/mol. The van der Waals surface area contributed by atoms with Crippen LogP contribution in [0.15, 0.2) is 42.6 Å². The molecule has 0 bridgehead atoms. The number of aliphatic hydroxyl groups excluding tert-OH is 1. The van der Waals surface area contributed by atoms with E-state index in [2.05, 4.69) is 30.7 Å². The molecule has 2 aromatic carbocycles. The number of ether oxygens (including phenoxy) is 2. The van der Waals surface area contributed by atoms with E-state index >= 15 is 0 Å². The summed E-state index contributed by atoms with van der Waals surface area (Å²) in [5.41, 5.74) is 2.32. The summed E-state index contributed by atoms with van der Waals surface area (Å²) >= 11 is 0. The summed E-state index contributed by atoms with van der Waals surface area (Å²) in [4.78, 5) is 84.6. The molecule has 6 aliphatic rings. The molecule has 5 fully saturated rings. The van der Waals surface area contributed by atoms with Gasteiger partial charge in [0.25, 0.3) is 11.8 Å². The molecular formula is C50H66N10O8. The second-order valence-corrected chi connectivity index (χ2v) is 19.8. The molecule has 6 amide bonds. The van der Waals surface area contributed by atoms with Gasteiger partial charge in [0.15, 0.2) is 5.82 Å². The first-order valence-corrected chi connectivity index (χ1v) is 24.5. The molecule has 1 atom stereocenters. The maximum absolute atomic E-state index is 13.9. The fraction of sp³-hybridized carbons (Fsp3) is 0.580. The fourth-order valence-corrected chi connectivity index (χ4v) is 12.0. The number of piperidine rings is 2. The number of rotatable bonds is 14. The Morgan fingerprint density at radius 3 is 2.29 bits per heavy atom. The fourth-order valence-electron chi connectivity index (χ4n) is 12.0. The highest BCUT2D eigenvalue weighted by Crippen LogP contribution is 2.56. The van der Waals surface area contributed by atoms with Gasteiger partial charge in [-0.2, -0.15) is 4.98 Å². The van der Waals surface area contributed by atoms with Crippen molar-refractivity contribution in [2.75, 3.05) is 87.2 Å². The Morgan fingerprint density at radius 2 is 1.62 bits per heavy atom. The first-order chi connectivity index (χ1) is 32.9.